The fraction of sp³-hybridized carbons (Fsp3) is 0. The normalized spacial score (nSPS) is 10.2. The third-order valence-corrected chi connectivity index (χ3v) is 2.17. The van der Waals surface area contributed by atoms with Gasteiger partial charge in [-0.1, -0.05) is 0 Å². The molecule has 1 aromatic heterocycles. The Kier molecular flexibility index (Phi) is 2.70. The number of benzene rings is 1. The summed E-state index contributed by atoms with van der Waals surface area (Å²) in [6, 6.07) is 4.77. The van der Waals surface area contributed by atoms with E-state index in [2.05, 4.69) is 4.98 Å². The van der Waals surface area contributed by atoms with Crippen molar-refractivity contribution in [3.63, 3.8) is 0 Å². The number of carbonyl (C=O) groups excluding carboxylic acids is 1. The number of carbonyl (C=O) groups is 1. The molecule has 1 heterocycles. The first kappa shape index (κ1) is 11.0. The molecule has 0 atom stereocenters. The Morgan fingerprint density at radius 3 is 2.35 bits per heavy atom. The van der Waals surface area contributed by atoms with Crippen LogP contribution in [-0.4, -0.2) is 15.8 Å². The van der Waals surface area contributed by atoms with Crippen molar-refractivity contribution in [2.75, 3.05) is 0 Å². The van der Waals surface area contributed by atoms with Gasteiger partial charge in [0.15, 0.2) is 5.78 Å². The van der Waals surface area contributed by atoms with Gasteiger partial charge in [-0.15, -0.1) is 0 Å². The molecule has 86 valence electrons. The lowest BCUT2D eigenvalue weighted by atomic mass is 10.1. The number of ketones is 1. The Labute approximate surface area is 93.9 Å². The summed E-state index contributed by atoms with van der Waals surface area (Å²) in [5.41, 5.74) is -1.49. The number of aromatic amines is 2. The molecular formula is C11H7FN2O3. The molecule has 0 amide bonds. The second-order valence-electron chi connectivity index (χ2n) is 3.32. The molecule has 0 aliphatic carbocycles. The van der Waals surface area contributed by atoms with Crippen molar-refractivity contribution in [3.05, 3.63) is 68.2 Å². The first-order valence-corrected chi connectivity index (χ1v) is 4.70. The smallest absolute Gasteiger partial charge is 0.313 e. The van der Waals surface area contributed by atoms with Crippen LogP contribution in [0.1, 0.15) is 15.9 Å². The summed E-state index contributed by atoms with van der Waals surface area (Å²) in [5.74, 6) is -1.06. The van der Waals surface area contributed by atoms with Crippen LogP contribution in [0.25, 0.3) is 0 Å². The molecule has 17 heavy (non-hydrogen) atoms. The molecular weight excluding hydrogens is 227 g/mol. The lowest BCUT2D eigenvalue weighted by Crippen LogP contribution is -2.27. The molecule has 1 aromatic carbocycles. The number of halogens is 1. The minimum absolute atomic E-state index is 0.170. The Hall–Kier alpha value is -2.50. The van der Waals surface area contributed by atoms with E-state index in [1.807, 2.05) is 4.98 Å². The Balaban J connectivity index is 2.47. The SMILES string of the molecule is O=C(c1ccc(F)cc1)c1c[nH]c(=O)[nH]c1=O. The standard InChI is InChI=1S/C11H7FN2O3/c12-7-3-1-6(2-4-7)9(15)8-5-13-11(17)14-10(8)16/h1-5H,(H2,13,14,16,17). The van der Waals surface area contributed by atoms with Crippen LogP contribution in [0, 0.1) is 5.82 Å². The van der Waals surface area contributed by atoms with Gasteiger partial charge in [0.05, 0.1) is 0 Å². The third-order valence-electron chi connectivity index (χ3n) is 2.17. The predicted molar refractivity (Wildman–Crippen MR) is 57.5 cm³/mol. The van der Waals surface area contributed by atoms with Gasteiger partial charge in [-0.25, -0.2) is 9.18 Å². The largest absolute Gasteiger partial charge is 0.325 e. The van der Waals surface area contributed by atoms with E-state index >= 15 is 0 Å². The monoisotopic (exact) mass is 234 g/mol. The van der Waals surface area contributed by atoms with Crippen LogP contribution in [0.2, 0.25) is 0 Å². The molecule has 2 rings (SSSR count). The zero-order valence-electron chi connectivity index (χ0n) is 8.49. The Bertz CT molecular complexity index is 670. The lowest BCUT2D eigenvalue weighted by Gasteiger charge is -1.99. The van der Waals surface area contributed by atoms with Crippen molar-refractivity contribution in [1.82, 2.24) is 9.97 Å². The van der Waals surface area contributed by atoms with E-state index < -0.39 is 22.8 Å². The maximum Gasteiger partial charge on any atom is 0.325 e. The van der Waals surface area contributed by atoms with Crippen molar-refractivity contribution in [2.24, 2.45) is 0 Å². The van der Waals surface area contributed by atoms with Gasteiger partial charge in [0.25, 0.3) is 5.56 Å². The van der Waals surface area contributed by atoms with Gasteiger partial charge in [-0.3, -0.25) is 14.6 Å². The molecule has 0 saturated heterocycles. The second-order valence-corrected chi connectivity index (χ2v) is 3.32. The van der Waals surface area contributed by atoms with Crippen molar-refractivity contribution in [2.45, 2.75) is 0 Å². The summed E-state index contributed by atoms with van der Waals surface area (Å²) in [4.78, 5) is 38.1. The minimum Gasteiger partial charge on any atom is -0.313 e. The zero-order valence-corrected chi connectivity index (χ0v) is 8.49. The van der Waals surface area contributed by atoms with Gasteiger partial charge in [0.2, 0.25) is 0 Å². The molecule has 2 aromatic rings. The molecule has 0 bridgehead atoms. The van der Waals surface area contributed by atoms with E-state index in [0.29, 0.717) is 0 Å². The van der Waals surface area contributed by atoms with E-state index in [0.717, 1.165) is 18.3 Å². The fourth-order valence-electron chi connectivity index (χ4n) is 1.34. The topological polar surface area (TPSA) is 82.8 Å². The average Bonchev–Trinajstić information content (AvgIpc) is 2.29. The highest BCUT2D eigenvalue weighted by atomic mass is 19.1. The molecule has 0 unspecified atom stereocenters. The number of hydrogen-bond donors (Lipinski definition) is 2. The maximum absolute atomic E-state index is 12.7. The molecule has 0 aliphatic heterocycles. The third kappa shape index (κ3) is 2.20. The molecule has 0 saturated carbocycles. The highest BCUT2D eigenvalue weighted by molar-refractivity contribution is 6.08. The number of nitrogens with one attached hydrogen (secondary N) is 2. The van der Waals surface area contributed by atoms with E-state index in [1.165, 1.54) is 12.1 Å². The first-order valence-electron chi connectivity index (χ1n) is 4.70. The van der Waals surface area contributed by atoms with Crippen molar-refractivity contribution in [3.8, 4) is 0 Å². The molecule has 0 fully saturated rings. The summed E-state index contributed by atoms with van der Waals surface area (Å²) < 4.78 is 12.7. The van der Waals surface area contributed by atoms with Gasteiger partial charge in [-0.2, -0.15) is 0 Å². The van der Waals surface area contributed by atoms with Crippen LogP contribution in [0.4, 0.5) is 4.39 Å². The van der Waals surface area contributed by atoms with Gasteiger partial charge >= 0.3 is 5.69 Å². The Morgan fingerprint density at radius 2 is 1.76 bits per heavy atom. The summed E-state index contributed by atoms with van der Waals surface area (Å²) in [6.45, 7) is 0. The van der Waals surface area contributed by atoms with E-state index in [-0.39, 0.29) is 11.1 Å². The summed E-state index contributed by atoms with van der Waals surface area (Å²) in [7, 11) is 0. The van der Waals surface area contributed by atoms with Crippen molar-refractivity contribution < 1.29 is 9.18 Å². The number of hydrogen-bond acceptors (Lipinski definition) is 3. The Morgan fingerprint density at radius 1 is 1.12 bits per heavy atom. The lowest BCUT2D eigenvalue weighted by molar-refractivity contribution is 0.103. The molecule has 2 N–H and O–H groups in total. The van der Waals surface area contributed by atoms with Gasteiger partial charge in [0.1, 0.15) is 11.4 Å². The van der Waals surface area contributed by atoms with E-state index in [1.54, 1.807) is 0 Å². The van der Waals surface area contributed by atoms with Crippen molar-refractivity contribution in [1.29, 1.82) is 0 Å². The zero-order chi connectivity index (χ0) is 12.4. The molecule has 5 nitrogen and oxygen atoms in total. The number of rotatable bonds is 2. The van der Waals surface area contributed by atoms with E-state index in [4.69, 9.17) is 0 Å². The van der Waals surface area contributed by atoms with Crippen LogP contribution < -0.4 is 11.2 Å². The quantitative estimate of drug-likeness (QED) is 0.739. The minimum atomic E-state index is -0.775. The van der Waals surface area contributed by atoms with Crippen LogP contribution in [-0.2, 0) is 0 Å². The molecule has 0 spiro atoms. The van der Waals surface area contributed by atoms with Gasteiger partial charge < -0.3 is 4.98 Å². The number of aromatic nitrogens is 2. The van der Waals surface area contributed by atoms with Gasteiger partial charge in [-0.05, 0) is 24.3 Å². The summed E-state index contributed by atoms with van der Waals surface area (Å²) >= 11 is 0. The first-order chi connectivity index (χ1) is 8.08. The number of H-pyrrole nitrogens is 2. The van der Waals surface area contributed by atoms with Crippen LogP contribution in [0.15, 0.2) is 40.1 Å². The van der Waals surface area contributed by atoms with Crippen LogP contribution in [0.3, 0.4) is 0 Å². The van der Waals surface area contributed by atoms with E-state index in [9.17, 15) is 18.8 Å². The molecule has 0 aliphatic rings. The average molecular weight is 234 g/mol. The second kappa shape index (κ2) is 4.17. The predicted octanol–water partition coefficient (Wildman–Crippen LogP) is 0.433. The highest BCUT2D eigenvalue weighted by Gasteiger charge is 2.13. The maximum atomic E-state index is 12.7. The summed E-state index contributed by atoms with van der Waals surface area (Å²) in [5, 5.41) is 0. The van der Waals surface area contributed by atoms with Crippen LogP contribution in [0.5, 0.6) is 0 Å². The molecule has 0 radical (unpaired) electrons. The van der Waals surface area contributed by atoms with Crippen LogP contribution >= 0.6 is 0 Å². The van der Waals surface area contributed by atoms with Crippen molar-refractivity contribution >= 4 is 5.78 Å². The molecule has 6 heteroatoms. The summed E-state index contributed by atoms with van der Waals surface area (Å²) in [6.07, 6.45) is 1.03. The fourth-order valence-corrected chi connectivity index (χ4v) is 1.34. The van der Waals surface area contributed by atoms with Gasteiger partial charge in [0, 0.05) is 11.8 Å². The highest BCUT2D eigenvalue weighted by Crippen LogP contribution is 2.06.